The Hall–Kier alpha value is -1.03. The smallest absolute Gasteiger partial charge is 0.170 e. The number of Topliss-reactive ketones (excluding diaryl/α,β-unsaturated/α-hetero) is 1. The number of nitrogens with zero attached hydrogens (tertiary/aromatic N) is 2. The summed E-state index contributed by atoms with van der Waals surface area (Å²) in [6.45, 7) is 4.42. The molecule has 3 nitrogen and oxygen atoms in total. The second-order valence-corrected chi connectivity index (χ2v) is 5.61. The van der Waals surface area contributed by atoms with Gasteiger partial charge in [-0.1, -0.05) is 34.8 Å². The van der Waals surface area contributed by atoms with Gasteiger partial charge in [0.05, 0.1) is 27.9 Å². The number of halogens is 3. The van der Waals surface area contributed by atoms with E-state index in [0.29, 0.717) is 32.9 Å². The molecule has 1 aromatic carbocycles. The summed E-state index contributed by atoms with van der Waals surface area (Å²) in [5.41, 5.74) is 1.87. The summed E-state index contributed by atoms with van der Waals surface area (Å²) < 4.78 is 1.74. The molecule has 0 N–H and O–H groups in total. The zero-order chi connectivity index (χ0) is 14.9. The molecule has 0 atom stereocenters. The number of hydrogen-bond donors (Lipinski definition) is 0. The van der Waals surface area contributed by atoms with E-state index in [2.05, 4.69) is 5.10 Å². The summed E-state index contributed by atoms with van der Waals surface area (Å²) >= 11 is 18.1. The second kappa shape index (κ2) is 6.17. The predicted molar refractivity (Wildman–Crippen MR) is 82.1 cm³/mol. The lowest BCUT2D eigenvalue weighted by molar-refractivity contribution is 0.0990. The van der Waals surface area contributed by atoms with Crippen LogP contribution in [0, 0.1) is 6.92 Å². The van der Waals surface area contributed by atoms with E-state index < -0.39 is 0 Å². The molecule has 0 aliphatic heterocycles. The number of aromatic nitrogens is 2. The van der Waals surface area contributed by atoms with Gasteiger partial charge in [-0.2, -0.15) is 5.10 Å². The molecule has 0 fully saturated rings. The number of ketones is 1. The van der Waals surface area contributed by atoms with Crippen LogP contribution in [-0.4, -0.2) is 15.6 Å². The number of carbonyl (C=O) groups is 1. The van der Waals surface area contributed by atoms with Crippen LogP contribution in [0.3, 0.4) is 0 Å². The van der Waals surface area contributed by atoms with Gasteiger partial charge < -0.3 is 0 Å². The number of rotatable bonds is 4. The van der Waals surface area contributed by atoms with Crippen LogP contribution in [-0.2, 0) is 13.0 Å². The normalized spacial score (nSPS) is 10.8. The summed E-state index contributed by atoms with van der Waals surface area (Å²) in [5.74, 6) is -0.108. The maximum atomic E-state index is 12.3. The van der Waals surface area contributed by atoms with Crippen molar-refractivity contribution in [3.05, 3.63) is 50.2 Å². The van der Waals surface area contributed by atoms with Gasteiger partial charge in [0.15, 0.2) is 5.78 Å². The van der Waals surface area contributed by atoms with E-state index >= 15 is 0 Å². The SMILES string of the molecule is CCn1nc(C)c(Cl)c1CC(=O)c1ccc(Cl)cc1Cl. The average Bonchev–Trinajstić information content (AvgIpc) is 2.66. The third kappa shape index (κ3) is 3.00. The molecular weight excluding hydrogens is 319 g/mol. The number of benzene rings is 1. The summed E-state index contributed by atoms with van der Waals surface area (Å²) in [6.07, 6.45) is 0.162. The molecule has 1 heterocycles. The molecule has 0 saturated carbocycles. The fourth-order valence-corrected chi connectivity index (χ4v) is 2.72. The van der Waals surface area contributed by atoms with Crippen molar-refractivity contribution >= 4 is 40.6 Å². The van der Waals surface area contributed by atoms with Gasteiger partial charge in [0, 0.05) is 17.1 Å². The molecule has 2 rings (SSSR count). The van der Waals surface area contributed by atoms with Crippen LogP contribution in [0.15, 0.2) is 18.2 Å². The van der Waals surface area contributed by atoms with Crippen molar-refractivity contribution in [1.82, 2.24) is 9.78 Å². The highest BCUT2D eigenvalue weighted by Crippen LogP contribution is 2.25. The Labute approximate surface area is 132 Å². The highest BCUT2D eigenvalue weighted by Gasteiger charge is 2.18. The van der Waals surface area contributed by atoms with Crippen molar-refractivity contribution in [1.29, 1.82) is 0 Å². The minimum Gasteiger partial charge on any atom is -0.294 e. The lowest BCUT2D eigenvalue weighted by Gasteiger charge is -2.06. The van der Waals surface area contributed by atoms with Crippen molar-refractivity contribution in [2.75, 3.05) is 0 Å². The van der Waals surface area contributed by atoms with Gasteiger partial charge in [0.1, 0.15) is 0 Å². The van der Waals surface area contributed by atoms with Crippen LogP contribution < -0.4 is 0 Å². The Kier molecular flexibility index (Phi) is 4.74. The van der Waals surface area contributed by atoms with E-state index in [1.54, 1.807) is 22.9 Å². The van der Waals surface area contributed by atoms with Crippen LogP contribution in [0.4, 0.5) is 0 Å². The molecular formula is C14H13Cl3N2O. The molecule has 6 heteroatoms. The van der Waals surface area contributed by atoms with Crippen LogP contribution in [0.2, 0.25) is 15.1 Å². The molecule has 0 aliphatic rings. The quantitative estimate of drug-likeness (QED) is 0.768. The Morgan fingerprint density at radius 3 is 2.60 bits per heavy atom. The molecule has 0 radical (unpaired) electrons. The maximum Gasteiger partial charge on any atom is 0.170 e. The molecule has 0 saturated heterocycles. The molecule has 1 aromatic heterocycles. The first-order valence-corrected chi connectivity index (χ1v) is 7.27. The Morgan fingerprint density at radius 1 is 1.30 bits per heavy atom. The highest BCUT2D eigenvalue weighted by molar-refractivity contribution is 6.37. The topological polar surface area (TPSA) is 34.9 Å². The van der Waals surface area contributed by atoms with E-state index in [1.807, 2.05) is 13.8 Å². The molecule has 0 aliphatic carbocycles. The first-order chi connectivity index (χ1) is 9.43. The molecule has 20 heavy (non-hydrogen) atoms. The predicted octanol–water partition coefficient (Wildman–Crippen LogP) is 4.60. The molecule has 0 amide bonds. The fraction of sp³-hybridized carbons (Fsp3) is 0.286. The van der Waals surface area contributed by atoms with Crippen LogP contribution in [0.25, 0.3) is 0 Å². The van der Waals surface area contributed by atoms with Crippen molar-refractivity contribution in [3.63, 3.8) is 0 Å². The van der Waals surface area contributed by atoms with E-state index in [-0.39, 0.29) is 12.2 Å². The van der Waals surface area contributed by atoms with Gasteiger partial charge in [-0.25, -0.2) is 0 Å². The number of aryl methyl sites for hydroxylation is 2. The minimum absolute atomic E-state index is 0.108. The lowest BCUT2D eigenvalue weighted by atomic mass is 10.1. The van der Waals surface area contributed by atoms with Crippen LogP contribution >= 0.6 is 34.8 Å². The minimum atomic E-state index is -0.108. The molecule has 0 spiro atoms. The van der Waals surface area contributed by atoms with Crippen LogP contribution in [0.1, 0.15) is 28.7 Å². The molecule has 0 unspecified atom stereocenters. The average molecular weight is 332 g/mol. The van der Waals surface area contributed by atoms with Gasteiger partial charge in [-0.3, -0.25) is 9.48 Å². The van der Waals surface area contributed by atoms with Gasteiger partial charge >= 0.3 is 0 Å². The molecule has 106 valence electrons. The number of carbonyl (C=O) groups excluding carboxylic acids is 1. The van der Waals surface area contributed by atoms with Crippen molar-refractivity contribution in [2.24, 2.45) is 0 Å². The fourth-order valence-electron chi connectivity index (χ4n) is 2.00. The Bertz CT molecular complexity index is 665. The summed E-state index contributed by atoms with van der Waals surface area (Å²) in [7, 11) is 0. The van der Waals surface area contributed by atoms with E-state index in [4.69, 9.17) is 34.8 Å². The van der Waals surface area contributed by atoms with Gasteiger partial charge in [0.2, 0.25) is 0 Å². The summed E-state index contributed by atoms with van der Waals surface area (Å²) in [5, 5.41) is 5.67. The number of hydrogen-bond acceptors (Lipinski definition) is 2. The van der Waals surface area contributed by atoms with Gasteiger partial charge in [0.25, 0.3) is 0 Å². The molecule has 0 bridgehead atoms. The lowest BCUT2D eigenvalue weighted by Crippen LogP contribution is -2.10. The monoisotopic (exact) mass is 330 g/mol. The van der Waals surface area contributed by atoms with E-state index in [9.17, 15) is 4.79 Å². The van der Waals surface area contributed by atoms with Crippen molar-refractivity contribution < 1.29 is 4.79 Å². The zero-order valence-electron chi connectivity index (χ0n) is 11.1. The summed E-state index contributed by atoms with van der Waals surface area (Å²) in [4.78, 5) is 12.3. The Morgan fingerprint density at radius 2 is 2.00 bits per heavy atom. The Balaban J connectivity index is 2.32. The third-order valence-corrected chi connectivity index (χ3v) is 4.05. The molecule has 2 aromatic rings. The first-order valence-electron chi connectivity index (χ1n) is 6.14. The van der Waals surface area contributed by atoms with Crippen molar-refractivity contribution in [3.8, 4) is 0 Å². The van der Waals surface area contributed by atoms with Gasteiger partial charge in [-0.05, 0) is 32.0 Å². The zero-order valence-corrected chi connectivity index (χ0v) is 13.4. The largest absolute Gasteiger partial charge is 0.294 e. The van der Waals surface area contributed by atoms with E-state index in [0.717, 1.165) is 5.69 Å². The van der Waals surface area contributed by atoms with Gasteiger partial charge in [-0.15, -0.1) is 0 Å². The van der Waals surface area contributed by atoms with Crippen LogP contribution in [0.5, 0.6) is 0 Å². The summed E-state index contributed by atoms with van der Waals surface area (Å²) in [6, 6.07) is 4.82. The third-order valence-electron chi connectivity index (χ3n) is 3.01. The van der Waals surface area contributed by atoms with Crippen molar-refractivity contribution in [2.45, 2.75) is 26.8 Å². The maximum absolute atomic E-state index is 12.3. The standard InChI is InChI=1S/C14H13Cl3N2O/c1-3-19-12(14(17)8(2)18-19)7-13(20)10-5-4-9(15)6-11(10)16/h4-6H,3,7H2,1-2H3. The second-order valence-electron chi connectivity index (χ2n) is 4.39. The first kappa shape index (κ1) is 15.4. The highest BCUT2D eigenvalue weighted by atomic mass is 35.5. The van der Waals surface area contributed by atoms with E-state index in [1.165, 1.54) is 0 Å².